The van der Waals surface area contributed by atoms with Crippen molar-refractivity contribution in [3.05, 3.63) is 53.3 Å². The first-order chi connectivity index (χ1) is 10.2. The van der Waals surface area contributed by atoms with Crippen molar-refractivity contribution in [1.29, 1.82) is 0 Å². The van der Waals surface area contributed by atoms with Crippen molar-refractivity contribution in [2.24, 2.45) is 0 Å². The van der Waals surface area contributed by atoms with E-state index in [4.69, 9.17) is 0 Å². The minimum atomic E-state index is 0.319. The van der Waals surface area contributed by atoms with E-state index >= 15 is 0 Å². The smallest absolute Gasteiger partial charge is 0.0604 e. The topological polar surface area (TPSA) is 29.9 Å². The Bertz CT molecular complexity index is 528. The second-order valence-corrected chi connectivity index (χ2v) is 5.68. The Morgan fingerprint density at radius 2 is 1.86 bits per heavy atom. The van der Waals surface area contributed by atoms with Crippen LogP contribution in [-0.4, -0.2) is 16.3 Å². The second kappa shape index (κ2) is 7.99. The molecule has 0 amide bonds. The van der Waals surface area contributed by atoms with Gasteiger partial charge in [0.2, 0.25) is 0 Å². The normalized spacial score (nSPS) is 12.5. The van der Waals surface area contributed by atoms with Crippen molar-refractivity contribution in [2.75, 3.05) is 6.54 Å². The molecule has 3 heteroatoms. The summed E-state index contributed by atoms with van der Waals surface area (Å²) >= 11 is 0. The fourth-order valence-electron chi connectivity index (χ4n) is 2.56. The zero-order valence-electron chi connectivity index (χ0n) is 13.5. The first-order valence-electron chi connectivity index (χ1n) is 8.05. The molecule has 0 radical (unpaired) electrons. The highest BCUT2D eigenvalue weighted by molar-refractivity contribution is 5.25. The Morgan fingerprint density at radius 3 is 2.43 bits per heavy atom. The van der Waals surface area contributed by atoms with Gasteiger partial charge >= 0.3 is 0 Å². The lowest BCUT2D eigenvalue weighted by molar-refractivity contribution is 0.438. The molecule has 2 rings (SSSR count). The number of aromatic nitrogens is 2. The molecule has 2 aromatic rings. The molecule has 0 fully saturated rings. The van der Waals surface area contributed by atoms with Gasteiger partial charge in [-0.15, -0.1) is 0 Å². The van der Waals surface area contributed by atoms with Crippen LogP contribution in [0.2, 0.25) is 0 Å². The monoisotopic (exact) mass is 285 g/mol. The van der Waals surface area contributed by atoms with Gasteiger partial charge in [0, 0.05) is 6.20 Å². The van der Waals surface area contributed by atoms with Crippen LogP contribution in [0.25, 0.3) is 0 Å². The molecule has 1 aromatic heterocycles. The second-order valence-electron chi connectivity index (χ2n) is 5.68. The molecule has 114 valence electrons. The van der Waals surface area contributed by atoms with E-state index in [1.807, 2.05) is 11.6 Å². The SMILES string of the molecule is CCCNC(Cn1ccc(C)n1)c1ccc(CCC)cc1. The van der Waals surface area contributed by atoms with Gasteiger partial charge in [0.1, 0.15) is 0 Å². The molecule has 0 saturated heterocycles. The maximum atomic E-state index is 4.51. The van der Waals surface area contributed by atoms with E-state index in [1.54, 1.807) is 0 Å². The minimum absolute atomic E-state index is 0.319. The first kappa shape index (κ1) is 15.8. The van der Waals surface area contributed by atoms with Gasteiger partial charge in [-0.25, -0.2) is 0 Å². The van der Waals surface area contributed by atoms with E-state index in [0.29, 0.717) is 6.04 Å². The number of hydrogen-bond donors (Lipinski definition) is 1. The molecule has 1 N–H and O–H groups in total. The maximum absolute atomic E-state index is 4.51. The molecule has 3 nitrogen and oxygen atoms in total. The Balaban J connectivity index is 2.10. The summed E-state index contributed by atoms with van der Waals surface area (Å²) in [6, 6.07) is 11.4. The number of nitrogens with one attached hydrogen (secondary N) is 1. The Hall–Kier alpha value is -1.61. The molecule has 1 atom stereocenters. The van der Waals surface area contributed by atoms with E-state index in [-0.39, 0.29) is 0 Å². The van der Waals surface area contributed by atoms with Crippen molar-refractivity contribution >= 4 is 0 Å². The molecule has 0 spiro atoms. The van der Waals surface area contributed by atoms with E-state index in [2.05, 4.69) is 60.8 Å². The van der Waals surface area contributed by atoms with E-state index in [9.17, 15) is 0 Å². The van der Waals surface area contributed by atoms with Crippen LogP contribution in [0.1, 0.15) is 49.6 Å². The highest BCUT2D eigenvalue weighted by Crippen LogP contribution is 2.17. The maximum Gasteiger partial charge on any atom is 0.0604 e. The summed E-state index contributed by atoms with van der Waals surface area (Å²) in [4.78, 5) is 0. The lowest BCUT2D eigenvalue weighted by atomic mass is 10.0. The van der Waals surface area contributed by atoms with Gasteiger partial charge in [0.25, 0.3) is 0 Å². The molecule has 1 unspecified atom stereocenters. The summed E-state index contributed by atoms with van der Waals surface area (Å²) < 4.78 is 2.03. The molecular weight excluding hydrogens is 258 g/mol. The van der Waals surface area contributed by atoms with Crippen LogP contribution >= 0.6 is 0 Å². The first-order valence-corrected chi connectivity index (χ1v) is 8.05. The lowest BCUT2D eigenvalue weighted by Gasteiger charge is -2.19. The van der Waals surface area contributed by atoms with Crippen LogP contribution in [0.3, 0.4) is 0 Å². The van der Waals surface area contributed by atoms with Gasteiger partial charge in [-0.1, -0.05) is 44.5 Å². The average Bonchev–Trinajstić information content (AvgIpc) is 2.90. The third-order valence-electron chi connectivity index (χ3n) is 3.71. The fourth-order valence-corrected chi connectivity index (χ4v) is 2.56. The fraction of sp³-hybridized carbons (Fsp3) is 0.500. The number of nitrogens with zero attached hydrogens (tertiary/aromatic N) is 2. The Kier molecular flexibility index (Phi) is 6.00. The van der Waals surface area contributed by atoms with Gasteiger partial charge in [-0.3, -0.25) is 4.68 Å². The zero-order chi connectivity index (χ0) is 15.1. The van der Waals surface area contributed by atoms with Crippen LogP contribution in [0.4, 0.5) is 0 Å². The van der Waals surface area contributed by atoms with Gasteiger partial charge in [-0.05, 0) is 43.5 Å². The Morgan fingerprint density at radius 1 is 1.10 bits per heavy atom. The van der Waals surface area contributed by atoms with Gasteiger partial charge in [0.05, 0.1) is 18.3 Å². The lowest BCUT2D eigenvalue weighted by Crippen LogP contribution is -2.26. The third-order valence-corrected chi connectivity index (χ3v) is 3.71. The van der Waals surface area contributed by atoms with E-state index in [1.165, 1.54) is 17.5 Å². The molecule has 0 aliphatic carbocycles. The van der Waals surface area contributed by atoms with E-state index in [0.717, 1.165) is 31.6 Å². The average molecular weight is 285 g/mol. The predicted molar refractivity (Wildman–Crippen MR) is 88.4 cm³/mol. The minimum Gasteiger partial charge on any atom is -0.308 e. The summed E-state index contributed by atoms with van der Waals surface area (Å²) in [6.07, 6.45) is 5.55. The molecular formula is C18H27N3. The summed E-state index contributed by atoms with van der Waals surface area (Å²) in [5, 5.41) is 8.14. The molecule has 21 heavy (non-hydrogen) atoms. The number of benzene rings is 1. The van der Waals surface area contributed by atoms with Crippen molar-refractivity contribution in [1.82, 2.24) is 15.1 Å². The van der Waals surface area contributed by atoms with E-state index < -0.39 is 0 Å². The van der Waals surface area contributed by atoms with Gasteiger partial charge in [-0.2, -0.15) is 5.10 Å². The van der Waals surface area contributed by atoms with Gasteiger partial charge < -0.3 is 5.32 Å². The molecule has 0 bridgehead atoms. The summed E-state index contributed by atoms with van der Waals surface area (Å²) in [7, 11) is 0. The van der Waals surface area contributed by atoms with Crippen LogP contribution in [-0.2, 0) is 13.0 Å². The number of hydrogen-bond acceptors (Lipinski definition) is 2. The molecule has 0 saturated carbocycles. The third kappa shape index (κ3) is 4.71. The van der Waals surface area contributed by atoms with Crippen LogP contribution < -0.4 is 5.32 Å². The standard InChI is InChI=1S/C18H27N3/c1-4-6-16-7-9-17(10-8-16)18(19-12-5-2)14-21-13-11-15(3)20-21/h7-11,13,18-19H,4-6,12,14H2,1-3H3. The van der Waals surface area contributed by atoms with Crippen LogP contribution in [0.5, 0.6) is 0 Å². The highest BCUT2D eigenvalue weighted by atomic mass is 15.3. The number of rotatable bonds is 8. The largest absolute Gasteiger partial charge is 0.308 e. The molecule has 0 aliphatic heterocycles. The highest BCUT2D eigenvalue weighted by Gasteiger charge is 2.12. The van der Waals surface area contributed by atoms with Crippen LogP contribution in [0, 0.1) is 6.92 Å². The van der Waals surface area contributed by atoms with Gasteiger partial charge in [0.15, 0.2) is 0 Å². The van der Waals surface area contributed by atoms with Crippen LogP contribution in [0.15, 0.2) is 36.5 Å². The predicted octanol–water partition coefficient (Wildman–Crippen LogP) is 3.88. The molecule has 1 aromatic carbocycles. The van der Waals surface area contributed by atoms with Crippen molar-refractivity contribution < 1.29 is 0 Å². The summed E-state index contributed by atoms with van der Waals surface area (Å²) in [5.41, 5.74) is 3.84. The molecule has 0 aliphatic rings. The summed E-state index contributed by atoms with van der Waals surface area (Å²) in [5.74, 6) is 0. The Labute approximate surface area is 128 Å². The van der Waals surface area contributed by atoms with Crippen molar-refractivity contribution in [2.45, 2.75) is 52.6 Å². The van der Waals surface area contributed by atoms with Crippen molar-refractivity contribution in [3.63, 3.8) is 0 Å². The zero-order valence-corrected chi connectivity index (χ0v) is 13.5. The number of aryl methyl sites for hydroxylation is 2. The summed E-state index contributed by atoms with van der Waals surface area (Å²) in [6.45, 7) is 8.36. The van der Waals surface area contributed by atoms with Crippen molar-refractivity contribution in [3.8, 4) is 0 Å². The molecule has 1 heterocycles. The quantitative estimate of drug-likeness (QED) is 0.797.